The summed E-state index contributed by atoms with van der Waals surface area (Å²) in [5, 5.41) is 5.76. The predicted octanol–water partition coefficient (Wildman–Crippen LogP) is 6.65. The van der Waals surface area contributed by atoms with Gasteiger partial charge in [0.1, 0.15) is 5.75 Å². The van der Waals surface area contributed by atoms with E-state index in [2.05, 4.69) is 33.5 Å². The summed E-state index contributed by atoms with van der Waals surface area (Å²) in [5.41, 5.74) is 1.84. The van der Waals surface area contributed by atoms with Crippen LogP contribution in [0, 0.1) is 5.92 Å². The number of unbranched alkanes of at least 4 members (excludes halogenated alkanes) is 3. The Labute approximate surface area is 187 Å². The molecular weight excluding hydrogens is 444 g/mol. The molecule has 2 rings (SSSR count). The predicted molar refractivity (Wildman–Crippen MR) is 126 cm³/mol. The molecule has 0 fully saturated rings. The van der Waals surface area contributed by atoms with E-state index >= 15 is 0 Å². The van der Waals surface area contributed by atoms with Crippen LogP contribution in [0.1, 0.15) is 63.2 Å². The quantitative estimate of drug-likeness (QED) is 0.358. The maximum atomic E-state index is 12.8. The lowest BCUT2D eigenvalue weighted by molar-refractivity contribution is -0.116. The number of hydrogen-bond donors (Lipinski definition) is 2. The van der Waals surface area contributed by atoms with E-state index in [9.17, 15) is 9.59 Å². The summed E-state index contributed by atoms with van der Waals surface area (Å²) >= 11 is 3.43. The van der Waals surface area contributed by atoms with Crippen molar-refractivity contribution in [2.75, 3.05) is 17.2 Å². The zero-order chi connectivity index (χ0) is 21.9. The zero-order valence-electron chi connectivity index (χ0n) is 18.0. The number of carbonyl (C=O) groups excluding carboxylic acids is 2. The average molecular weight is 475 g/mol. The highest BCUT2D eigenvalue weighted by Crippen LogP contribution is 2.25. The van der Waals surface area contributed by atoms with Crippen molar-refractivity contribution in [3.8, 4) is 5.75 Å². The Kier molecular flexibility index (Phi) is 9.87. The first kappa shape index (κ1) is 23.9. The van der Waals surface area contributed by atoms with E-state index in [0.717, 1.165) is 17.3 Å². The summed E-state index contributed by atoms with van der Waals surface area (Å²) < 4.78 is 6.68. The maximum absolute atomic E-state index is 12.8. The Bertz CT molecular complexity index is 835. The number of anilines is 2. The molecule has 0 heterocycles. The molecule has 0 atom stereocenters. The first-order valence-electron chi connectivity index (χ1n) is 10.5. The highest BCUT2D eigenvalue weighted by molar-refractivity contribution is 9.10. The third kappa shape index (κ3) is 8.19. The Balaban J connectivity index is 1.99. The van der Waals surface area contributed by atoms with Gasteiger partial charge in [-0.2, -0.15) is 0 Å². The summed E-state index contributed by atoms with van der Waals surface area (Å²) in [5.74, 6) is 0.620. The minimum absolute atomic E-state index is 0.0170. The molecule has 0 bridgehead atoms. The molecule has 0 unspecified atom stereocenters. The van der Waals surface area contributed by atoms with Crippen LogP contribution < -0.4 is 15.4 Å². The Morgan fingerprint density at radius 1 is 0.967 bits per heavy atom. The number of ether oxygens (including phenoxy) is 1. The molecular formula is C24H31BrN2O3. The standard InChI is InChI=1S/C24H31BrN2O3/c1-4-5-6-7-14-30-22-13-8-18(25)16-21(22)24(29)27-20-11-9-19(10-12-20)26-23(28)15-17(2)3/h8-13,16-17H,4-7,14-15H2,1-3H3,(H,26,28)(H,27,29). The number of hydrogen-bond acceptors (Lipinski definition) is 3. The molecule has 162 valence electrons. The molecule has 0 saturated carbocycles. The minimum Gasteiger partial charge on any atom is -0.493 e. The van der Waals surface area contributed by atoms with Crippen LogP contribution in [0.5, 0.6) is 5.75 Å². The van der Waals surface area contributed by atoms with E-state index in [0.29, 0.717) is 41.6 Å². The molecule has 2 aromatic rings. The largest absolute Gasteiger partial charge is 0.493 e. The average Bonchev–Trinajstić information content (AvgIpc) is 2.69. The van der Waals surface area contributed by atoms with Gasteiger partial charge in [0.25, 0.3) is 5.91 Å². The molecule has 0 aliphatic rings. The van der Waals surface area contributed by atoms with Gasteiger partial charge in [-0.1, -0.05) is 56.0 Å². The molecule has 2 aromatic carbocycles. The van der Waals surface area contributed by atoms with Gasteiger partial charge in [-0.15, -0.1) is 0 Å². The molecule has 0 aliphatic carbocycles. The number of carbonyl (C=O) groups is 2. The van der Waals surface area contributed by atoms with Crippen LogP contribution in [0.3, 0.4) is 0 Å². The summed E-state index contributed by atoms with van der Waals surface area (Å²) in [6, 6.07) is 12.5. The van der Waals surface area contributed by atoms with Crippen LogP contribution in [0.25, 0.3) is 0 Å². The Morgan fingerprint density at radius 2 is 1.63 bits per heavy atom. The lowest BCUT2D eigenvalue weighted by Crippen LogP contribution is -2.15. The van der Waals surface area contributed by atoms with Crippen LogP contribution in [0.2, 0.25) is 0 Å². The number of rotatable bonds is 11. The van der Waals surface area contributed by atoms with E-state index in [4.69, 9.17) is 4.74 Å². The molecule has 0 spiro atoms. The second-order valence-corrected chi connectivity index (χ2v) is 8.64. The first-order chi connectivity index (χ1) is 14.4. The normalized spacial score (nSPS) is 10.7. The van der Waals surface area contributed by atoms with Gasteiger partial charge in [-0.3, -0.25) is 9.59 Å². The summed E-state index contributed by atoms with van der Waals surface area (Å²) in [6.07, 6.45) is 4.92. The summed E-state index contributed by atoms with van der Waals surface area (Å²) in [7, 11) is 0. The Hall–Kier alpha value is -2.34. The topological polar surface area (TPSA) is 67.4 Å². The number of nitrogens with one attached hydrogen (secondary N) is 2. The monoisotopic (exact) mass is 474 g/mol. The van der Waals surface area contributed by atoms with Gasteiger partial charge in [0.2, 0.25) is 5.91 Å². The van der Waals surface area contributed by atoms with Crippen molar-refractivity contribution in [1.29, 1.82) is 0 Å². The van der Waals surface area contributed by atoms with Crippen molar-refractivity contribution in [2.24, 2.45) is 5.92 Å². The lowest BCUT2D eigenvalue weighted by atomic mass is 10.1. The van der Waals surface area contributed by atoms with Gasteiger partial charge in [0.15, 0.2) is 0 Å². The second-order valence-electron chi connectivity index (χ2n) is 7.73. The van der Waals surface area contributed by atoms with E-state index in [1.54, 1.807) is 30.3 Å². The molecule has 6 heteroatoms. The molecule has 2 N–H and O–H groups in total. The minimum atomic E-state index is -0.239. The van der Waals surface area contributed by atoms with Crippen molar-refractivity contribution in [2.45, 2.75) is 52.9 Å². The van der Waals surface area contributed by atoms with Crippen LogP contribution >= 0.6 is 15.9 Å². The smallest absolute Gasteiger partial charge is 0.259 e. The number of amides is 2. The lowest BCUT2D eigenvalue weighted by Gasteiger charge is -2.13. The van der Waals surface area contributed by atoms with E-state index < -0.39 is 0 Å². The van der Waals surface area contributed by atoms with Crippen LogP contribution in [-0.4, -0.2) is 18.4 Å². The van der Waals surface area contributed by atoms with Crippen molar-refractivity contribution in [3.63, 3.8) is 0 Å². The molecule has 0 radical (unpaired) electrons. The van der Waals surface area contributed by atoms with Gasteiger partial charge in [-0.25, -0.2) is 0 Å². The van der Waals surface area contributed by atoms with Crippen molar-refractivity contribution in [1.82, 2.24) is 0 Å². The highest BCUT2D eigenvalue weighted by Gasteiger charge is 2.14. The van der Waals surface area contributed by atoms with Gasteiger partial charge in [0.05, 0.1) is 12.2 Å². The molecule has 0 saturated heterocycles. The van der Waals surface area contributed by atoms with Crippen LogP contribution in [0.4, 0.5) is 11.4 Å². The number of benzene rings is 2. The van der Waals surface area contributed by atoms with Crippen molar-refractivity contribution >= 4 is 39.1 Å². The van der Waals surface area contributed by atoms with E-state index in [1.807, 2.05) is 26.0 Å². The van der Waals surface area contributed by atoms with E-state index in [-0.39, 0.29) is 11.8 Å². The van der Waals surface area contributed by atoms with Crippen LogP contribution in [0.15, 0.2) is 46.9 Å². The zero-order valence-corrected chi connectivity index (χ0v) is 19.6. The second kappa shape index (κ2) is 12.4. The van der Waals surface area contributed by atoms with Gasteiger partial charge in [-0.05, 0) is 54.8 Å². The van der Waals surface area contributed by atoms with Crippen molar-refractivity contribution in [3.05, 3.63) is 52.5 Å². The SMILES string of the molecule is CCCCCCOc1ccc(Br)cc1C(=O)Nc1ccc(NC(=O)CC(C)C)cc1. The van der Waals surface area contributed by atoms with E-state index in [1.165, 1.54) is 12.8 Å². The molecule has 0 aromatic heterocycles. The summed E-state index contributed by atoms with van der Waals surface area (Å²) in [4.78, 5) is 24.7. The first-order valence-corrected chi connectivity index (χ1v) is 11.3. The van der Waals surface area contributed by atoms with Gasteiger partial charge in [0, 0.05) is 22.3 Å². The van der Waals surface area contributed by atoms with Crippen LogP contribution in [-0.2, 0) is 4.79 Å². The van der Waals surface area contributed by atoms with Gasteiger partial charge < -0.3 is 15.4 Å². The highest BCUT2D eigenvalue weighted by atomic mass is 79.9. The maximum Gasteiger partial charge on any atom is 0.259 e. The third-order valence-electron chi connectivity index (χ3n) is 4.46. The van der Waals surface area contributed by atoms with Gasteiger partial charge >= 0.3 is 0 Å². The molecule has 0 aliphatic heterocycles. The molecule has 2 amide bonds. The summed E-state index contributed by atoms with van der Waals surface area (Å²) in [6.45, 7) is 6.77. The molecule has 5 nitrogen and oxygen atoms in total. The third-order valence-corrected chi connectivity index (χ3v) is 4.96. The Morgan fingerprint density at radius 3 is 2.27 bits per heavy atom. The fourth-order valence-corrected chi connectivity index (χ4v) is 3.30. The molecule has 30 heavy (non-hydrogen) atoms. The fraction of sp³-hybridized carbons (Fsp3) is 0.417. The van der Waals surface area contributed by atoms with Crippen molar-refractivity contribution < 1.29 is 14.3 Å². The number of halogens is 1. The fourth-order valence-electron chi connectivity index (χ4n) is 2.93.